The van der Waals surface area contributed by atoms with Gasteiger partial charge in [0.1, 0.15) is 5.82 Å². The van der Waals surface area contributed by atoms with Crippen molar-refractivity contribution in [3.63, 3.8) is 0 Å². The molecule has 1 nitrogen and oxygen atoms in total. The molecule has 146 valence electrons. The molecule has 0 amide bonds. The average molecular weight is 376 g/mol. The summed E-state index contributed by atoms with van der Waals surface area (Å²) < 4.78 is 14.5. The molecule has 0 fully saturated rings. The molecule has 0 aliphatic carbocycles. The van der Waals surface area contributed by atoms with Crippen molar-refractivity contribution >= 4 is 0 Å². The number of rotatable bonds is 9. The number of unbranched alkanes of at least 4 members (excludes halogenated alkanes) is 3. The number of hydrogen-bond acceptors (Lipinski definition) is 1. The zero-order valence-electron chi connectivity index (χ0n) is 17.0. The van der Waals surface area contributed by atoms with Crippen LogP contribution in [0.1, 0.15) is 57.1 Å². The van der Waals surface area contributed by atoms with Crippen LogP contribution in [0.25, 0.3) is 22.4 Å². The minimum absolute atomic E-state index is 0.149. The Kier molecular flexibility index (Phi) is 7.36. The van der Waals surface area contributed by atoms with Crippen molar-refractivity contribution in [2.45, 2.75) is 58.8 Å². The summed E-state index contributed by atoms with van der Waals surface area (Å²) in [6.45, 7) is 4.34. The molecule has 0 unspecified atom stereocenters. The van der Waals surface area contributed by atoms with Gasteiger partial charge in [0.15, 0.2) is 0 Å². The topological polar surface area (TPSA) is 12.9 Å². The second kappa shape index (κ2) is 10.2. The zero-order chi connectivity index (χ0) is 19.8. The van der Waals surface area contributed by atoms with Gasteiger partial charge < -0.3 is 0 Å². The third kappa shape index (κ3) is 5.28. The quantitative estimate of drug-likeness (QED) is 0.350. The van der Waals surface area contributed by atoms with Crippen molar-refractivity contribution in [1.29, 1.82) is 0 Å². The maximum atomic E-state index is 14.5. The molecule has 28 heavy (non-hydrogen) atoms. The molecule has 0 aliphatic rings. The fourth-order valence-electron chi connectivity index (χ4n) is 3.56. The summed E-state index contributed by atoms with van der Waals surface area (Å²) >= 11 is 0. The van der Waals surface area contributed by atoms with E-state index in [4.69, 9.17) is 0 Å². The predicted molar refractivity (Wildman–Crippen MR) is 117 cm³/mol. The molecule has 0 bridgehead atoms. The lowest BCUT2D eigenvalue weighted by atomic mass is 9.99. The molecule has 1 heterocycles. The Labute approximate surface area is 168 Å². The fraction of sp³-hybridized carbons (Fsp3) is 0.346. The van der Waals surface area contributed by atoms with Crippen molar-refractivity contribution in [2.75, 3.05) is 0 Å². The molecule has 0 atom stereocenters. The maximum Gasteiger partial charge on any atom is 0.131 e. The Hall–Kier alpha value is -2.48. The summed E-state index contributed by atoms with van der Waals surface area (Å²) in [4.78, 5) is 4.63. The first-order valence-electron chi connectivity index (χ1n) is 10.6. The molecule has 3 aromatic rings. The first-order valence-corrected chi connectivity index (χ1v) is 10.6. The molecule has 2 aromatic carbocycles. The van der Waals surface area contributed by atoms with Crippen LogP contribution < -0.4 is 0 Å². The second-order valence-electron chi connectivity index (χ2n) is 7.50. The van der Waals surface area contributed by atoms with Crippen LogP contribution in [0.2, 0.25) is 0 Å². The van der Waals surface area contributed by atoms with Crippen LogP contribution in [-0.2, 0) is 12.8 Å². The van der Waals surface area contributed by atoms with E-state index in [-0.39, 0.29) is 5.82 Å². The van der Waals surface area contributed by atoms with Gasteiger partial charge in [0.25, 0.3) is 0 Å². The minimum atomic E-state index is -0.149. The van der Waals surface area contributed by atoms with Crippen LogP contribution in [0.15, 0.2) is 60.8 Å². The molecule has 2 heteroatoms. The molecule has 0 saturated heterocycles. The summed E-state index contributed by atoms with van der Waals surface area (Å²) in [5.41, 5.74) is 5.93. The Morgan fingerprint density at radius 1 is 0.714 bits per heavy atom. The summed E-state index contributed by atoms with van der Waals surface area (Å²) in [5.74, 6) is -0.149. The number of hydrogen-bond donors (Lipinski definition) is 0. The molecule has 0 saturated carbocycles. The van der Waals surface area contributed by atoms with Crippen LogP contribution in [0, 0.1) is 5.82 Å². The van der Waals surface area contributed by atoms with Crippen molar-refractivity contribution in [3.05, 3.63) is 77.7 Å². The van der Waals surface area contributed by atoms with Gasteiger partial charge >= 0.3 is 0 Å². The predicted octanol–water partition coefficient (Wildman–Crippen LogP) is 7.63. The van der Waals surface area contributed by atoms with E-state index in [0.717, 1.165) is 41.6 Å². The van der Waals surface area contributed by atoms with Crippen LogP contribution >= 0.6 is 0 Å². The second-order valence-corrected chi connectivity index (χ2v) is 7.50. The van der Waals surface area contributed by atoms with Gasteiger partial charge in [-0.1, -0.05) is 82.0 Å². The zero-order valence-corrected chi connectivity index (χ0v) is 17.0. The van der Waals surface area contributed by atoms with E-state index in [1.807, 2.05) is 42.6 Å². The van der Waals surface area contributed by atoms with E-state index < -0.39 is 0 Å². The lowest BCUT2D eigenvalue weighted by Crippen LogP contribution is -1.91. The molecular formula is C26H30FN. The molecule has 0 radical (unpaired) electrons. The van der Waals surface area contributed by atoms with E-state index in [1.165, 1.54) is 31.2 Å². The van der Waals surface area contributed by atoms with Crippen molar-refractivity contribution < 1.29 is 4.39 Å². The van der Waals surface area contributed by atoms with E-state index in [2.05, 4.69) is 31.0 Å². The summed E-state index contributed by atoms with van der Waals surface area (Å²) in [5, 5.41) is 0. The first kappa shape index (κ1) is 20.3. The van der Waals surface area contributed by atoms with Gasteiger partial charge in [-0.15, -0.1) is 0 Å². The van der Waals surface area contributed by atoms with Crippen LogP contribution in [-0.4, -0.2) is 4.98 Å². The lowest BCUT2D eigenvalue weighted by molar-refractivity contribution is 0.628. The molecule has 0 N–H and O–H groups in total. The minimum Gasteiger partial charge on any atom is -0.256 e. The van der Waals surface area contributed by atoms with Crippen LogP contribution in [0.3, 0.4) is 0 Å². The highest BCUT2D eigenvalue weighted by atomic mass is 19.1. The average Bonchev–Trinajstić information content (AvgIpc) is 2.72. The van der Waals surface area contributed by atoms with Gasteiger partial charge in [-0.2, -0.15) is 0 Å². The standard InChI is InChI=1S/C26H30FN/c1-3-5-6-7-9-21-11-17-26(28-19-21)23-14-12-22(13-15-23)24-16-10-20(8-4-2)18-25(24)27/h10-19H,3-9H2,1-2H3. The number of pyridine rings is 1. The summed E-state index contributed by atoms with van der Waals surface area (Å²) in [7, 11) is 0. The highest BCUT2D eigenvalue weighted by Crippen LogP contribution is 2.27. The Morgan fingerprint density at radius 2 is 1.46 bits per heavy atom. The van der Waals surface area contributed by atoms with Gasteiger partial charge in [0, 0.05) is 17.3 Å². The van der Waals surface area contributed by atoms with Gasteiger partial charge in [-0.05, 0) is 48.1 Å². The molecule has 0 aliphatic heterocycles. The Bertz CT molecular complexity index is 866. The van der Waals surface area contributed by atoms with Gasteiger partial charge in [-0.25, -0.2) is 4.39 Å². The van der Waals surface area contributed by atoms with Crippen molar-refractivity contribution in [1.82, 2.24) is 4.98 Å². The Morgan fingerprint density at radius 3 is 2.11 bits per heavy atom. The van der Waals surface area contributed by atoms with Gasteiger partial charge in [0.2, 0.25) is 0 Å². The SMILES string of the molecule is CCCCCCc1ccc(-c2ccc(-c3ccc(CCC)cc3F)cc2)nc1. The van der Waals surface area contributed by atoms with E-state index in [0.29, 0.717) is 5.56 Å². The van der Waals surface area contributed by atoms with Crippen molar-refractivity contribution in [3.8, 4) is 22.4 Å². The lowest BCUT2D eigenvalue weighted by Gasteiger charge is -2.08. The normalized spacial score (nSPS) is 11.0. The van der Waals surface area contributed by atoms with Crippen LogP contribution in [0.4, 0.5) is 4.39 Å². The number of halogens is 1. The first-order chi connectivity index (χ1) is 13.7. The number of nitrogens with zero attached hydrogens (tertiary/aromatic N) is 1. The highest BCUT2D eigenvalue weighted by molar-refractivity contribution is 5.69. The van der Waals surface area contributed by atoms with Gasteiger partial charge in [0.05, 0.1) is 5.69 Å². The highest BCUT2D eigenvalue weighted by Gasteiger charge is 2.07. The van der Waals surface area contributed by atoms with E-state index in [1.54, 1.807) is 6.07 Å². The fourth-order valence-corrected chi connectivity index (χ4v) is 3.56. The smallest absolute Gasteiger partial charge is 0.131 e. The summed E-state index contributed by atoms with van der Waals surface area (Å²) in [6.07, 6.45) is 10.1. The molecule has 3 rings (SSSR count). The van der Waals surface area contributed by atoms with Crippen molar-refractivity contribution in [2.24, 2.45) is 0 Å². The number of aromatic nitrogens is 1. The van der Waals surface area contributed by atoms with E-state index in [9.17, 15) is 4.39 Å². The molecule has 1 aromatic heterocycles. The maximum absolute atomic E-state index is 14.5. The Balaban J connectivity index is 1.69. The number of benzene rings is 2. The monoisotopic (exact) mass is 375 g/mol. The van der Waals surface area contributed by atoms with Gasteiger partial charge in [-0.3, -0.25) is 4.98 Å². The molecular weight excluding hydrogens is 345 g/mol. The third-order valence-corrected chi connectivity index (χ3v) is 5.21. The van der Waals surface area contributed by atoms with E-state index >= 15 is 0 Å². The largest absolute Gasteiger partial charge is 0.256 e. The van der Waals surface area contributed by atoms with Crippen LogP contribution in [0.5, 0.6) is 0 Å². The number of aryl methyl sites for hydroxylation is 2. The third-order valence-electron chi connectivity index (χ3n) is 5.21. The summed E-state index contributed by atoms with van der Waals surface area (Å²) in [6, 6.07) is 17.8. The molecule has 0 spiro atoms.